The largest absolute Gasteiger partial charge is 1.00 e. The molecule has 0 N–H and O–H groups in total. The number of carbonyl (C=O) groups is 1. The molecule has 0 aromatic carbocycles. The molecular formula is C8H19IN2O. The molecule has 0 atom stereocenters. The summed E-state index contributed by atoms with van der Waals surface area (Å²) >= 11 is 0. The Balaban J connectivity index is 0. The molecule has 74 valence electrons. The smallest absolute Gasteiger partial charge is 0.227 e. The highest BCUT2D eigenvalue weighted by atomic mass is 127. The lowest BCUT2D eigenvalue weighted by atomic mass is 10.3. The molecule has 3 nitrogen and oxygen atoms in total. The predicted molar refractivity (Wildman–Crippen MR) is 46.2 cm³/mol. The number of hydrogen-bond donors (Lipinski definition) is 0. The quantitative estimate of drug-likeness (QED) is 0.405. The number of quaternary nitrogens is 1. The lowest BCUT2D eigenvalue weighted by molar-refractivity contribution is -0.869. The van der Waals surface area contributed by atoms with Crippen LogP contribution in [0.1, 0.15) is 6.42 Å². The summed E-state index contributed by atoms with van der Waals surface area (Å²) in [7, 11) is 9.84. The topological polar surface area (TPSA) is 20.3 Å². The average Bonchev–Trinajstić information content (AvgIpc) is 1.80. The van der Waals surface area contributed by atoms with Crippen molar-refractivity contribution in [3.63, 3.8) is 0 Å². The minimum absolute atomic E-state index is 0. The Morgan fingerprint density at radius 1 is 1.25 bits per heavy atom. The van der Waals surface area contributed by atoms with Gasteiger partial charge in [-0.1, -0.05) is 0 Å². The molecule has 0 saturated carbocycles. The van der Waals surface area contributed by atoms with Gasteiger partial charge in [0.15, 0.2) is 0 Å². The monoisotopic (exact) mass is 286 g/mol. The molecular weight excluding hydrogens is 267 g/mol. The van der Waals surface area contributed by atoms with E-state index in [1.807, 2.05) is 0 Å². The van der Waals surface area contributed by atoms with Crippen LogP contribution in [0, 0.1) is 0 Å². The number of nitrogens with zero attached hydrogens (tertiary/aromatic N) is 2. The van der Waals surface area contributed by atoms with Crippen LogP contribution in [0.25, 0.3) is 0 Å². The van der Waals surface area contributed by atoms with Crippen molar-refractivity contribution < 1.29 is 33.3 Å². The van der Waals surface area contributed by atoms with Crippen LogP contribution in [0.2, 0.25) is 0 Å². The molecule has 0 spiro atoms. The Labute approximate surface area is 92.3 Å². The van der Waals surface area contributed by atoms with E-state index in [0.717, 1.165) is 11.0 Å². The molecule has 0 aliphatic rings. The highest BCUT2D eigenvalue weighted by molar-refractivity contribution is 5.75. The standard InChI is InChI=1S/C8H19N2O.HI/c1-9(2)8(11)6-7-10(3,4)5;/h6-7H2,1-5H3;1H/q+1;/p-1. The second-order valence-corrected chi connectivity index (χ2v) is 4.05. The normalized spacial score (nSPS) is 10.4. The molecule has 0 aromatic heterocycles. The number of hydrogen-bond acceptors (Lipinski definition) is 1. The highest BCUT2D eigenvalue weighted by Gasteiger charge is 2.11. The van der Waals surface area contributed by atoms with Crippen LogP contribution < -0.4 is 24.0 Å². The number of rotatable bonds is 3. The van der Waals surface area contributed by atoms with E-state index in [-0.39, 0.29) is 29.9 Å². The molecule has 0 aliphatic heterocycles. The third kappa shape index (κ3) is 8.26. The third-order valence-electron chi connectivity index (χ3n) is 1.50. The number of halogens is 1. The van der Waals surface area contributed by atoms with Gasteiger partial charge in [0, 0.05) is 14.1 Å². The molecule has 0 radical (unpaired) electrons. The highest BCUT2D eigenvalue weighted by Crippen LogP contribution is 1.95. The lowest BCUT2D eigenvalue weighted by Crippen LogP contribution is -3.00. The van der Waals surface area contributed by atoms with Crippen LogP contribution >= 0.6 is 0 Å². The van der Waals surface area contributed by atoms with Crippen LogP contribution in [0.3, 0.4) is 0 Å². The fourth-order valence-electron chi connectivity index (χ4n) is 0.655. The Hall–Kier alpha value is 0.160. The first kappa shape index (κ1) is 14.7. The summed E-state index contributed by atoms with van der Waals surface area (Å²) in [5, 5.41) is 0. The molecule has 0 aliphatic carbocycles. The summed E-state index contributed by atoms with van der Waals surface area (Å²) in [4.78, 5) is 12.7. The van der Waals surface area contributed by atoms with Crippen molar-refractivity contribution in [1.29, 1.82) is 0 Å². The Morgan fingerprint density at radius 3 is 1.92 bits per heavy atom. The molecule has 0 bridgehead atoms. The molecule has 4 heteroatoms. The summed E-state index contributed by atoms with van der Waals surface area (Å²) in [6.07, 6.45) is 0.635. The van der Waals surface area contributed by atoms with Crippen LogP contribution in [0.5, 0.6) is 0 Å². The van der Waals surface area contributed by atoms with Crippen molar-refractivity contribution >= 4 is 5.91 Å². The Kier molecular flexibility index (Phi) is 7.02. The molecule has 0 heterocycles. The van der Waals surface area contributed by atoms with E-state index >= 15 is 0 Å². The van der Waals surface area contributed by atoms with E-state index in [2.05, 4.69) is 21.1 Å². The van der Waals surface area contributed by atoms with Crippen molar-refractivity contribution in [2.75, 3.05) is 41.8 Å². The van der Waals surface area contributed by atoms with Gasteiger partial charge in [0.25, 0.3) is 0 Å². The van der Waals surface area contributed by atoms with Crippen molar-refractivity contribution in [3.8, 4) is 0 Å². The van der Waals surface area contributed by atoms with Gasteiger partial charge in [0.1, 0.15) is 0 Å². The number of amides is 1. The first-order valence-corrected chi connectivity index (χ1v) is 3.83. The maximum Gasteiger partial charge on any atom is 0.227 e. The maximum absolute atomic E-state index is 11.1. The Bertz CT molecular complexity index is 140. The maximum atomic E-state index is 11.1. The van der Waals surface area contributed by atoms with E-state index in [4.69, 9.17) is 0 Å². The van der Waals surface area contributed by atoms with Gasteiger partial charge < -0.3 is 33.4 Å². The Morgan fingerprint density at radius 2 is 1.67 bits per heavy atom. The average molecular weight is 286 g/mol. The second-order valence-electron chi connectivity index (χ2n) is 4.05. The molecule has 0 saturated heterocycles. The molecule has 0 unspecified atom stereocenters. The van der Waals surface area contributed by atoms with Gasteiger partial charge in [0.2, 0.25) is 5.91 Å². The van der Waals surface area contributed by atoms with Gasteiger partial charge in [-0.05, 0) is 0 Å². The van der Waals surface area contributed by atoms with Crippen LogP contribution in [0.4, 0.5) is 0 Å². The predicted octanol–water partition coefficient (Wildman–Crippen LogP) is -2.83. The summed E-state index contributed by atoms with van der Waals surface area (Å²) < 4.78 is 0.847. The van der Waals surface area contributed by atoms with Crippen molar-refractivity contribution in [2.45, 2.75) is 6.42 Å². The lowest BCUT2D eigenvalue weighted by Gasteiger charge is -2.24. The zero-order valence-corrected chi connectivity index (χ0v) is 10.8. The van der Waals surface area contributed by atoms with Crippen molar-refractivity contribution in [2.24, 2.45) is 0 Å². The second kappa shape index (κ2) is 5.75. The molecule has 1 amide bonds. The minimum atomic E-state index is 0. The third-order valence-corrected chi connectivity index (χ3v) is 1.50. The van der Waals surface area contributed by atoms with E-state index in [1.165, 1.54) is 0 Å². The molecule has 0 aromatic rings. The van der Waals surface area contributed by atoms with Crippen LogP contribution in [-0.2, 0) is 4.79 Å². The van der Waals surface area contributed by atoms with Gasteiger partial charge in [-0.15, -0.1) is 0 Å². The van der Waals surface area contributed by atoms with Crippen molar-refractivity contribution in [1.82, 2.24) is 4.90 Å². The SMILES string of the molecule is CN(C)C(=O)CC[N+](C)(C)C.[I-]. The van der Waals surface area contributed by atoms with Gasteiger partial charge in [0.05, 0.1) is 34.1 Å². The zero-order chi connectivity index (χ0) is 9.07. The van der Waals surface area contributed by atoms with E-state index in [1.54, 1.807) is 19.0 Å². The summed E-state index contributed by atoms with van der Waals surface area (Å²) in [5.74, 6) is 0.207. The van der Waals surface area contributed by atoms with E-state index in [9.17, 15) is 4.79 Å². The summed E-state index contributed by atoms with van der Waals surface area (Å²) in [6.45, 7) is 0.900. The summed E-state index contributed by atoms with van der Waals surface area (Å²) in [5.41, 5.74) is 0. The van der Waals surface area contributed by atoms with Gasteiger partial charge in [-0.25, -0.2) is 0 Å². The van der Waals surface area contributed by atoms with Gasteiger partial charge in [-0.3, -0.25) is 4.79 Å². The molecule has 12 heavy (non-hydrogen) atoms. The van der Waals surface area contributed by atoms with Crippen molar-refractivity contribution in [3.05, 3.63) is 0 Å². The van der Waals surface area contributed by atoms with E-state index < -0.39 is 0 Å². The first-order valence-electron chi connectivity index (χ1n) is 3.83. The van der Waals surface area contributed by atoms with E-state index in [0.29, 0.717) is 6.42 Å². The van der Waals surface area contributed by atoms with Crippen LogP contribution in [-0.4, -0.2) is 57.1 Å². The zero-order valence-electron chi connectivity index (χ0n) is 8.59. The minimum Gasteiger partial charge on any atom is -1.00 e. The van der Waals surface area contributed by atoms with Crippen LogP contribution in [0.15, 0.2) is 0 Å². The number of carbonyl (C=O) groups excluding carboxylic acids is 1. The molecule has 0 rings (SSSR count). The fourth-order valence-corrected chi connectivity index (χ4v) is 0.655. The fraction of sp³-hybridized carbons (Fsp3) is 0.875. The summed E-state index contributed by atoms with van der Waals surface area (Å²) in [6, 6.07) is 0. The first-order chi connectivity index (χ1) is 4.83. The van der Waals surface area contributed by atoms with Gasteiger partial charge >= 0.3 is 0 Å². The van der Waals surface area contributed by atoms with Gasteiger partial charge in [-0.2, -0.15) is 0 Å². The molecule has 0 fully saturated rings.